The summed E-state index contributed by atoms with van der Waals surface area (Å²) >= 11 is 0. The van der Waals surface area contributed by atoms with E-state index in [1.54, 1.807) is 6.92 Å². The normalized spacial score (nSPS) is 11.0. The van der Waals surface area contributed by atoms with Crippen LogP contribution in [0.2, 0.25) is 0 Å². The molecule has 0 heterocycles. The van der Waals surface area contributed by atoms with Crippen molar-refractivity contribution in [3.8, 4) is 0 Å². The molecule has 0 atom stereocenters. The smallest absolute Gasteiger partial charge is 0.167 e. The molecule has 0 fully saturated rings. The molecule has 3 heteroatoms. The van der Waals surface area contributed by atoms with Crippen molar-refractivity contribution in [1.29, 1.82) is 0 Å². The summed E-state index contributed by atoms with van der Waals surface area (Å²) in [6, 6.07) is 9.66. The molecule has 3 nitrogen and oxygen atoms in total. The molecule has 0 N–H and O–H groups in total. The fourth-order valence-electron chi connectivity index (χ4n) is 0.804. The zero-order valence-electron chi connectivity index (χ0n) is 7.43. The zero-order valence-corrected chi connectivity index (χ0v) is 7.43. The first-order valence-corrected chi connectivity index (χ1v) is 3.98. The number of rotatable bonds is 4. The third-order valence-corrected chi connectivity index (χ3v) is 1.45. The Kier molecular flexibility index (Phi) is 3.70. The van der Waals surface area contributed by atoms with Crippen LogP contribution in [0.5, 0.6) is 0 Å². The Labute approximate surface area is 77.0 Å². The van der Waals surface area contributed by atoms with Crippen molar-refractivity contribution in [2.75, 3.05) is 0 Å². The molecular formula is C10H11NO2. The summed E-state index contributed by atoms with van der Waals surface area (Å²) in [6.45, 7) is 1.99. The highest BCUT2D eigenvalue weighted by Gasteiger charge is 1.90. The number of aldehydes is 1. The number of hydrogen-bond acceptors (Lipinski definition) is 3. The van der Waals surface area contributed by atoms with Crippen LogP contribution in [0.3, 0.4) is 0 Å². The van der Waals surface area contributed by atoms with Crippen LogP contribution in [0.25, 0.3) is 0 Å². The number of carbonyl (C=O) groups excluding carboxylic acids is 1. The molecule has 0 aliphatic rings. The second-order valence-corrected chi connectivity index (χ2v) is 2.61. The van der Waals surface area contributed by atoms with Gasteiger partial charge in [0, 0.05) is 0 Å². The highest BCUT2D eigenvalue weighted by atomic mass is 16.6. The number of hydrogen-bond donors (Lipinski definition) is 0. The van der Waals surface area contributed by atoms with Crippen molar-refractivity contribution in [2.45, 2.75) is 13.5 Å². The van der Waals surface area contributed by atoms with Gasteiger partial charge in [0.2, 0.25) is 0 Å². The van der Waals surface area contributed by atoms with E-state index >= 15 is 0 Å². The first kappa shape index (κ1) is 9.45. The van der Waals surface area contributed by atoms with E-state index in [1.807, 2.05) is 30.3 Å². The summed E-state index contributed by atoms with van der Waals surface area (Å²) in [4.78, 5) is 15.1. The number of nitrogens with zero attached hydrogens (tertiary/aromatic N) is 1. The second-order valence-electron chi connectivity index (χ2n) is 2.61. The fraction of sp³-hybridized carbons (Fsp3) is 0.200. The predicted molar refractivity (Wildman–Crippen MR) is 50.4 cm³/mol. The largest absolute Gasteiger partial charge is 0.391 e. The molecule has 0 amide bonds. The van der Waals surface area contributed by atoms with E-state index in [0.717, 1.165) is 5.56 Å². The van der Waals surface area contributed by atoms with Crippen LogP contribution in [0.1, 0.15) is 12.5 Å². The molecule has 0 saturated heterocycles. The van der Waals surface area contributed by atoms with Gasteiger partial charge in [-0.15, -0.1) is 0 Å². The Balaban J connectivity index is 2.40. The topological polar surface area (TPSA) is 38.7 Å². The van der Waals surface area contributed by atoms with Crippen LogP contribution < -0.4 is 0 Å². The van der Waals surface area contributed by atoms with Crippen molar-refractivity contribution in [3.05, 3.63) is 35.9 Å². The van der Waals surface area contributed by atoms with Crippen molar-refractivity contribution >= 4 is 12.0 Å². The van der Waals surface area contributed by atoms with Gasteiger partial charge in [0.25, 0.3) is 0 Å². The Hall–Kier alpha value is -1.64. The Morgan fingerprint density at radius 1 is 1.46 bits per heavy atom. The standard InChI is InChI=1S/C10H11NO2/c1-9(7-12)11-13-8-10-5-3-2-4-6-10/h2-7H,8H2,1H3. The average Bonchev–Trinajstić information content (AvgIpc) is 2.19. The average molecular weight is 177 g/mol. The lowest BCUT2D eigenvalue weighted by Gasteiger charge is -1.98. The van der Waals surface area contributed by atoms with Gasteiger partial charge in [-0.25, -0.2) is 0 Å². The number of benzene rings is 1. The quantitative estimate of drug-likeness (QED) is 0.399. The third-order valence-electron chi connectivity index (χ3n) is 1.45. The SMILES string of the molecule is CC(C=O)=NOCc1ccccc1. The minimum Gasteiger partial charge on any atom is -0.391 e. The summed E-state index contributed by atoms with van der Waals surface area (Å²) in [7, 11) is 0. The van der Waals surface area contributed by atoms with Crippen molar-refractivity contribution in [1.82, 2.24) is 0 Å². The molecule has 0 saturated carbocycles. The second kappa shape index (κ2) is 5.09. The molecule has 0 bridgehead atoms. The van der Waals surface area contributed by atoms with Crippen LogP contribution >= 0.6 is 0 Å². The molecule has 0 unspecified atom stereocenters. The highest BCUT2D eigenvalue weighted by Crippen LogP contribution is 2.00. The van der Waals surface area contributed by atoms with Crippen LogP contribution in [0, 0.1) is 0 Å². The number of carbonyl (C=O) groups is 1. The Bertz CT molecular complexity index is 293. The van der Waals surface area contributed by atoms with Gasteiger partial charge in [-0.1, -0.05) is 35.5 Å². The molecular weight excluding hydrogens is 166 g/mol. The van der Waals surface area contributed by atoms with Gasteiger partial charge in [-0.2, -0.15) is 0 Å². The lowest BCUT2D eigenvalue weighted by atomic mass is 10.2. The molecule has 0 radical (unpaired) electrons. The van der Waals surface area contributed by atoms with Crippen molar-refractivity contribution in [3.63, 3.8) is 0 Å². The third kappa shape index (κ3) is 3.51. The summed E-state index contributed by atoms with van der Waals surface area (Å²) < 4.78 is 0. The number of oxime groups is 1. The van der Waals surface area contributed by atoms with Gasteiger partial charge < -0.3 is 4.84 Å². The minimum atomic E-state index is 0.343. The summed E-state index contributed by atoms with van der Waals surface area (Å²) in [5.41, 5.74) is 1.38. The van der Waals surface area contributed by atoms with E-state index in [0.29, 0.717) is 18.6 Å². The van der Waals surface area contributed by atoms with Gasteiger partial charge >= 0.3 is 0 Å². The van der Waals surface area contributed by atoms with Gasteiger partial charge in [0.1, 0.15) is 12.3 Å². The zero-order chi connectivity index (χ0) is 9.52. The minimum absolute atomic E-state index is 0.343. The first-order valence-electron chi connectivity index (χ1n) is 3.98. The molecule has 0 aromatic heterocycles. The maximum Gasteiger partial charge on any atom is 0.167 e. The molecule has 1 rings (SSSR count). The molecule has 1 aromatic carbocycles. The molecule has 0 spiro atoms. The van der Waals surface area contributed by atoms with E-state index in [2.05, 4.69) is 5.16 Å². The highest BCUT2D eigenvalue weighted by molar-refractivity contribution is 6.26. The van der Waals surface area contributed by atoms with Crippen LogP contribution in [-0.4, -0.2) is 12.0 Å². The summed E-state index contributed by atoms with van der Waals surface area (Å²) in [6.07, 6.45) is 0.658. The van der Waals surface area contributed by atoms with E-state index < -0.39 is 0 Å². The Morgan fingerprint density at radius 3 is 2.77 bits per heavy atom. The fourth-order valence-corrected chi connectivity index (χ4v) is 0.804. The lowest BCUT2D eigenvalue weighted by molar-refractivity contribution is -0.102. The van der Waals surface area contributed by atoms with Gasteiger partial charge in [0.05, 0.1) is 0 Å². The van der Waals surface area contributed by atoms with E-state index in [9.17, 15) is 4.79 Å². The van der Waals surface area contributed by atoms with Crippen LogP contribution in [-0.2, 0) is 16.2 Å². The molecule has 0 aliphatic heterocycles. The van der Waals surface area contributed by atoms with Crippen LogP contribution in [0.15, 0.2) is 35.5 Å². The maximum atomic E-state index is 10.1. The summed E-state index contributed by atoms with van der Waals surface area (Å²) in [5.74, 6) is 0. The van der Waals surface area contributed by atoms with Gasteiger partial charge in [0.15, 0.2) is 6.29 Å². The van der Waals surface area contributed by atoms with Crippen molar-refractivity contribution < 1.29 is 9.63 Å². The summed E-state index contributed by atoms with van der Waals surface area (Å²) in [5, 5.41) is 3.59. The monoisotopic (exact) mass is 177 g/mol. The lowest BCUT2D eigenvalue weighted by Crippen LogP contribution is -1.94. The molecule has 1 aromatic rings. The van der Waals surface area contributed by atoms with E-state index in [-0.39, 0.29) is 0 Å². The van der Waals surface area contributed by atoms with Crippen molar-refractivity contribution in [2.24, 2.45) is 5.16 Å². The first-order chi connectivity index (χ1) is 6.33. The molecule has 0 aliphatic carbocycles. The predicted octanol–water partition coefficient (Wildman–Crippen LogP) is 1.78. The van der Waals surface area contributed by atoms with E-state index in [1.165, 1.54) is 0 Å². The van der Waals surface area contributed by atoms with E-state index in [4.69, 9.17) is 4.84 Å². The molecule has 68 valence electrons. The van der Waals surface area contributed by atoms with Gasteiger partial charge in [-0.3, -0.25) is 4.79 Å². The Morgan fingerprint density at radius 2 is 2.15 bits per heavy atom. The van der Waals surface area contributed by atoms with Crippen LogP contribution in [0.4, 0.5) is 0 Å². The van der Waals surface area contributed by atoms with Gasteiger partial charge in [-0.05, 0) is 12.5 Å². The maximum absolute atomic E-state index is 10.1. The molecule has 13 heavy (non-hydrogen) atoms.